The number of aryl methyl sites for hydroxylation is 3. The first-order valence-electron chi connectivity index (χ1n) is 10.5. The number of benzene rings is 2. The lowest BCUT2D eigenvalue weighted by molar-refractivity contribution is -0.120. The molecule has 3 aromatic rings. The van der Waals surface area contributed by atoms with Gasteiger partial charge in [-0.25, -0.2) is 0 Å². The summed E-state index contributed by atoms with van der Waals surface area (Å²) in [6.07, 6.45) is 3.84. The van der Waals surface area contributed by atoms with Crippen molar-refractivity contribution in [2.45, 2.75) is 46.0 Å². The Morgan fingerprint density at radius 2 is 1.97 bits per heavy atom. The van der Waals surface area contributed by atoms with Crippen LogP contribution in [0.15, 0.2) is 40.9 Å². The highest BCUT2D eigenvalue weighted by Gasteiger charge is 2.11. The Morgan fingerprint density at radius 1 is 1.13 bits per heavy atom. The summed E-state index contributed by atoms with van der Waals surface area (Å²) in [6.45, 7) is 4.73. The number of nitrogens with zero attached hydrogens (tertiary/aromatic N) is 2. The van der Waals surface area contributed by atoms with Crippen LogP contribution in [0.3, 0.4) is 0 Å². The Kier molecular flexibility index (Phi) is 7.65. The summed E-state index contributed by atoms with van der Waals surface area (Å²) in [5, 5.41) is 16.7. The third-order valence-electron chi connectivity index (χ3n) is 5.15. The molecule has 2 aromatic carbocycles. The van der Waals surface area contributed by atoms with Crippen LogP contribution in [0.5, 0.6) is 11.5 Å². The minimum Gasteiger partial charge on any atom is -0.504 e. The molecule has 31 heavy (non-hydrogen) atoms. The molecular formula is C24H29N3O4. The monoisotopic (exact) mass is 423 g/mol. The number of amides is 1. The molecule has 7 nitrogen and oxygen atoms in total. The molecule has 0 radical (unpaired) electrons. The first kappa shape index (κ1) is 22.3. The van der Waals surface area contributed by atoms with E-state index in [0.29, 0.717) is 36.9 Å². The Labute approximate surface area is 182 Å². The number of rotatable bonds is 10. The molecule has 0 saturated heterocycles. The quantitative estimate of drug-likeness (QED) is 0.476. The Balaban J connectivity index is 1.37. The zero-order valence-corrected chi connectivity index (χ0v) is 18.3. The lowest BCUT2D eigenvalue weighted by Gasteiger charge is -2.08. The maximum absolute atomic E-state index is 12.2. The van der Waals surface area contributed by atoms with Crippen molar-refractivity contribution in [3.63, 3.8) is 0 Å². The van der Waals surface area contributed by atoms with E-state index in [-0.39, 0.29) is 11.7 Å². The van der Waals surface area contributed by atoms with Gasteiger partial charge in [-0.15, -0.1) is 0 Å². The van der Waals surface area contributed by atoms with Crippen LogP contribution in [-0.4, -0.2) is 34.8 Å². The van der Waals surface area contributed by atoms with Crippen LogP contribution in [0.25, 0.3) is 11.4 Å². The molecule has 0 aliphatic carbocycles. The minimum atomic E-state index is 0.0552. The van der Waals surface area contributed by atoms with E-state index in [2.05, 4.69) is 33.7 Å². The highest BCUT2D eigenvalue weighted by Crippen LogP contribution is 2.30. The molecule has 7 heteroatoms. The van der Waals surface area contributed by atoms with Gasteiger partial charge in [0.2, 0.25) is 17.6 Å². The average molecular weight is 424 g/mol. The molecule has 3 rings (SSSR count). The molecule has 0 aliphatic rings. The summed E-state index contributed by atoms with van der Waals surface area (Å²) >= 11 is 0. The summed E-state index contributed by atoms with van der Waals surface area (Å²) < 4.78 is 10.4. The molecule has 0 bridgehead atoms. The van der Waals surface area contributed by atoms with Crippen molar-refractivity contribution in [1.29, 1.82) is 0 Å². The summed E-state index contributed by atoms with van der Waals surface area (Å²) in [6, 6.07) is 11.1. The number of ether oxygens (including phenoxy) is 1. The number of phenols is 1. The fraction of sp³-hybridized carbons (Fsp3) is 0.375. The van der Waals surface area contributed by atoms with E-state index < -0.39 is 0 Å². The number of hydrogen-bond acceptors (Lipinski definition) is 6. The van der Waals surface area contributed by atoms with Crippen molar-refractivity contribution >= 4 is 5.91 Å². The maximum atomic E-state index is 12.2. The smallest absolute Gasteiger partial charge is 0.226 e. The summed E-state index contributed by atoms with van der Waals surface area (Å²) in [7, 11) is 1.49. The number of nitrogens with one attached hydrogen (secondary N) is 1. The summed E-state index contributed by atoms with van der Waals surface area (Å²) in [5.41, 5.74) is 4.11. The minimum absolute atomic E-state index is 0.0552. The van der Waals surface area contributed by atoms with Gasteiger partial charge < -0.3 is 19.7 Å². The Hall–Kier alpha value is -3.35. The van der Waals surface area contributed by atoms with E-state index in [0.717, 1.165) is 36.0 Å². The van der Waals surface area contributed by atoms with E-state index in [1.807, 2.05) is 13.8 Å². The molecule has 0 atom stereocenters. The lowest BCUT2D eigenvalue weighted by atomic mass is 10.0. The van der Waals surface area contributed by atoms with Crippen LogP contribution in [0.2, 0.25) is 0 Å². The Bertz CT molecular complexity index is 1030. The van der Waals surface area contributed by atoms with E-state index in [1.165, 1.54) is 12.7 Å². The molecule has 0 aliphatic heterocycles. The van der Waals surface area contributed by atoms with Crippen molar-refractivity contribution in [2.24, 2.45) is 0 Å². The normalized spacial score (nSPS) is 10.8. The van der Waals surface area contributed by atoms with Gasteiger partial charge in [0.05, 0.1) is 13.5 Å². The number of aromatic nitrogens is 2. The number of carbonyl (C=O) groups is 1. The van der Waals surface area contributed by atoms with E-state index in [9.17, 15) is 9.90 Å². The van der Waals surface area contributed by atoms with E-state index >= 15 is 0 Å². The van der Waals surface area contributed by atoms with Crippen molar-refractivity contribution in [1.82, 2.24) is 15.5 Å². The van der Waals surface area contributed by atoms with Gasteiger partial charge in [0.1, 0.15) is 0 Å². The number of methoxy groups -OCH3 is 1. The van der Waals surface area contributed by atoms with Crippen LogP contribution in [0, 0.1) is 13.8 Å². The molecule has 1 amide bonds. The van der Waals surface area contributed by atoms with E-state index in [1.54, 1.807) is 18.2 Å². The van der Waals surface area contributed by atoms with Crippen LogP contribution in [0.4, 0.5) is 0 Å². The highest BCUT2D eigenvalue weighted by molar-refractivity contribution is 5.78. The first-order valence-corrected chi connectivity index (χ1v) is 10.5. The molecule has 1 aromatic heterocycles. The zero-order valence-electron chi connectivity index (χ0n) is 18.3. The number of phenolic OH excluding ortho intramolecular Hbond substituents is 1. The number of unbranched alkanes of at least 4 members (excludes halogenated alkanes) is 2. The molecule has 164 valence electrons. The summed E-state index contributed by atoms with van der Waals surface area (Å²) in [5.74, 6) is 1.52. The van der Waals surface area contributed by atoms with E-state index in [4.69, 9.17) is 9.26 Å². The van der Waals surface area contributed by atoms with Gasteiger partial charge in [-0.3, -0.25) is 4.79 Å². The molecular weight excluding hydrogens is 394 g/mol. The van der Waals surface area contributed by atoms with Crippen molar-refractivity contribution in [3.8, 4) is 22.9 Å². The van der Waals surface area contributed by atoms with Crippen LogP contribution >= 0.6 is 0 Å². The van der Waals surface area contributed by atoms with Gasteiger partial charge >= 0.3 is 0 Å². The molecule has 1 heterocycles. The van der Waals surface area contributed by atoms with Crippen LogP contribution < -0.4 is 10.1 Å². The van der Waals surface area contributed by atoms with Gasteiger partial charge in [-0.1, -0.05) is 35.3 Å². The second-order valence-electron chi connectivity index (χ2n) is 7.67. The second kappa shape index (κ2) is 10.6. The molecule has 0 spiro atoms. The van der Waals surface area contributed by atoms with Crippen molar-refractivity contribution in [2.75, 3.05) is 13.7 Å². The fourth-order valence-corrected chi connectivity index (χ4v) is 3.32. The zero-order chi connectivity index (χ0) is 22.2. The second-order valence-corrected chi connectivity index (χ2v) is 7.67. The van der Waals surface area contributed by atoms with Gasteiger partial charge in [0, 0.05) is 18.5 Å². The van der Waals surface area contributed by atoms with Gasteiger partial charge in [-0.05, 0) is 56.0 Å². The van der Waals surface area contributed by atoms with Gasteiger partial charge in [0.25, 0.3) is 0 Å². The van der Waals surface area contributed by atoms with Crippen LogP contribution in [0.1, 0.15) is 41.8 Å². The number of aromatic hydroxyl groups is 1. The third-order valence-corrected chi connectivity index (χ3v) is 5.15. The predicted octanol–water partition coefficient (Wildman–Crippen LogP) is 4.14. The number of carbonyl (C=O) groups excluding carboxylic acids is 1. The summed E-state index contributed by atoms with van der Waals surface area (Å²) in [4.78, 5) is 16.6. The van der Waals surface area contributed by atoms with Crippen molar-refractivity contribution in [3.05, 3.63) is 59.0 Å². The topological polar surface area (TPSA) is 97.5 Å². The largest absolute Gasteiger partial charge is 0.504 e. The maximum Gasteiger partial charge on any atom is 0.226 e. The van der Waals surface area contributed by atoms with Crippen LogP contribution in [-0.2, 0) is 17.6 Å². The highest BCUT2D eigenvalue weighted by atomic mass is 16.5. The molecule has 2 N–H and O–H groups in total. The molecule has 0 fully saturated rings. The predicted molar refractivity (Wildman–Crippen MR) is 118 cm³/mol. The average Bonchev–Trinajstić information content (AvgIpc) is 3.22. The molecule has 0 saturated carbocycles. The van der Waals surface area contributed by atoms with Crippen molar-refractivity contribution < 1.29 is 19.2 Å². The van der Waals surface area contributed by atoms with Gasteiger partial charge in [-0.2, -0.15) is 4.98 Å². The fourth-order valence-electron chi connectivity index (χ4n) is 3.32. The molecule has 0 unspecified atom stereocenters. The number of hydrogen-bond donors (Lipinski definition) is 2. The third kappa shape index (κ3) is 6.31. The Morgan fingerprint density at radius 3 is 2.77 bits per heavy atom. The first-order chi connectivity index (χ1) is 15.0. The lowest BCUT2D eigenvalue weighted by Crippen LogP contribution is -2.26. The van der Waals surface area contributed by atoms with Gasteiger partial charge in [0.15, 0.2) is 11.5 Å². The standard InChI is InChI=1S/C24H29N3O4/c1-16-8-9-17(2)19(13-16)15-22(29)25-12-6-4-5-7-23-26-24(27-31-23)18-10-11-20(28)21(14-18)30-3/h8-11,13-14,28H,4-7,12,15H2,1-3H3,(H,25,29). The SMILES string of the molecule is COc1cc(-c2noc(CCCCCNC(=O)Cc3cc(C)ccc3C)n2)ccc1O.